The lowest BCUT2D eigenvalue weighted by molar-refractivity contribution is 0.360. The summed E-state index contributed by atoms with van der Waals surface area (Å²) in [6.45, 7) is 0. The van der Waals surface area contributed by atoms with E-state index in [4.69, 9.17) is 9.47 Å². The zero-order valence-electron chi connectivity index (χ0n) is 30.9. The molecular weight excluding hydrogens is 699 g/mol. The number of rotatable bonds is 7. The maximum Gasteiger partial charge on any atom is 0.194 e. The number of para-hydroxylation sites is 7. The molecule has 0 amide bonds. The quantitative estimate of drug-likeness (QED) is 0.163. The summed E-state index contributed by atoms with van der Waals surface area (Å²) in [6.07, 6.45) is 0. The lowest BCUT2D eigenvalue weighted by Crippen LogP contribution is -2.16. The van der Waals surface area contributed by atoms with Gasteiger partial charge in [-0.25, -0.2) is 0 Å². The first-order valence-corrected chi connectivity index (χ1v) is 19.2. The van der Waals surface area contributed by atoms with Gasteiger partial charge in [-0.15, -0.1) is 0 Å². The van der Waals surface area contributed by atoms with Gasteiger partial charge < -0.3 is 23.8 Å². The minimum Gasteiger partial charge on any atom is -0.449 e. The monoisotopic (exact) mass is 733 g/mol. The average Bonchev–Trinajstić information content (AvgIpc) is 3.60. The van der Waals surface area contributed by atoms with Gasteiger partial charge in [0.05, 0.1) is 28.1 Å². The van der Waals surface area contributed by atoms with Crippen molar-refractivity contribution in [3.8, 4) is 28.7 Å². The van der Waals surface area contributed by atoms with Crippen LogP contribution in [0.3, 0.4) is 0 Å². The molecule has 1 aliphatic rings. The maximum atomic E-state index is 6.81. The van der Waals surface area contributed by atoms with Crippen LogP contribution in [0.1, 0.15) is 0 Å². The van der Waals surface area contributed by atoms with E-state index in [1.54, 1.807) is 0 Å². The molecule has 0 N–H and O–H groups in total. The Morgan fingerprint density at radius 3 is 1.51 bits per heavy atom. The molecule has 9 aromatic carbocycles. The van der Waals surface area contributed by atoms with Crippen LogP contribution in [-0.4, -0.2) is 4.57 Å². The summed E-state index contributed by atoms with van der Waals surface area (Å²) in [7, 11) is 0. The summed E-state index contributed by atoms with van der Waals surface area (Å²) in [4.78, 5) is 4.60. The molecule has 2 heterocycles. The van der Waals surface area contributed by atoms with Gasteiger partial charge in [-0.05, 0) is 95.7 Å². The molecular formula is C52H35N3O2. The third kappa shape index (κ3) is 5.56. The Kier molecular flexibility index (Phi) is 7.74. The topological polar surface area (TPSA) is 29.9 Å². The first-order chi connectivity index (χ1) is 28.3. The fraction of sp³-hybridized carbons (Fsp3) is 0. The highest BCUT2D eigenvalue weighted by Crippen LogP contribution is 2.56. The summed E-state index contributed by atoms with van der Waals surface area (Å²) in [5.74, 6) is 2.61. The van der Waals surface area contributed by atoms with E-state index in [2.05, 4.69) is 190 Å². The number of ether oxygens (including phenoxy) is 2. The molecule has 57 heavy (non-hydrogen) atoms. The van der Waals surface area contributed by atoms with Crippen LogP contribution in [0.4, 0.5) is 34.1 Å². The van der Waals surface area contributed by atoms with Crippen molar-refractivity contribution in [3.05, 3.63) is 212 Å². The van der Waals surface area contributed by atoms with Crippen molar-refractivity contribution in [2.24, 2.45) is 0 Å². The molecule has 5 heteroatoms. The van der Waals surface area contributed by atoms with Crippen LogP contribution in [0.15, 0.2) is 212 Å². The zero-order valence-corrected chi connectivity index (χ0v) is 30.9. The van der Waals surface area contributed by atoms with E-state index in [9.17, 15) is 0 Å². The number of anilines is 6. The summed E-state index contributed by atoms with van der Waals surface area (Å²) in [5.41, 5.74) is 9.12. The van der Waals surface area contributed by atoms with Crippen molar-refractivity contribution < 1.29 is 9.47 Å². The highest BCUT2D eigenvalue weighted by Gasteiger charge is 2.30. The first kappa shape index (κ1) is 32.7. The molecule has 5 nitrogen and oxygen atoms in total. The third-order valence-electron chi connectivity index (χ3n) is 10.7. The molecule has 1 aliphatic heterocycles. The molecule has 0 radical (unpaired) electrons. The van der Waals surface area contributed by atoms with Gasteiger partial charge in [-0.1, -0.05) is 121 Å². The summed E-state index contributed by atoms with van der Waals surface area (Å²) < 4.78 is 16.0. The second-order valence-corrected chi connectivity index (χ2v) is 14.2. The molecule has 0 fully saturated rings. The van der Waals surface area contributed by atoms with Gasteiger partial charge in [0.1, 0.15) is 0 Å². The summed E-state index contributed by atoms with van der Waals surface area (Å²) in [5, 5.41) is 4.77. The number of nitrogens with zero attached hydrogens (tertiary/aromatic N) is 3. The van der Waals surface area contributed by atoms with Crippen molar-refractivity contribution >= 4 is 66.7 Å². The van der Waals surface area contributed by atoms with E-state index >= 15 is 0 Å². The van der Waals surface area contributed by atoms with E-state index in [1.165, 1.54) is 21.5 Å². The van der Waals surface area contributed by atoms with Crippen LogP contribution in [-0.2, 0) is 0 Å². The highest BCUT2D eigenvalue weighted by molar-refractivity contribution is 6.17. The molecule has 1 aromatic heterocycles. The van der Waals surface area contributed by atoms with Crippen molar-refractivity contribution in [1.29, 1.82) is 0 Å². The van der Waals surface area contributed by atoms with Crippen molar-refractivity contribution in [2.75, 3.05) is 9.80 Å². The Morgan fingerprint density at radius 1 is 0.351 bits per heavy atom. The molecule has 10 aromatic rings. The second-order valence-electron chi connectivity index (χ2n) is 14.2. The molecule has 270 valence electrons. The maximum absolute atomic E-state index is 6.81. The Hall–Kier alpha value is -7.76. The SMILES string of the molecule is c1ccc(N(c2ccccc2)c2cc(N(c3ccccc3)c3cccc4c5cc6ccccc6cc5n(-c5ccccc5)c34)cc3c2Oc2ccccc2O3)cc1. The van der Waals surface area contributed by atoms with Crippen LogP contribution in [0.2, 0.25) is 0 Å². The van der Waals surface area contributed by atoms with Gasteiger partial charge >= 0.3 is 0 Å². The minimum absolute atomic E-state index is 0.626. The molecule has 0 spiro atoms. The fourth-order valence-electron chi connectivity index (χ4n) is 8.24. The fourth-order valence-corrected chi connectivity index (χ4v) is 8.24. The summed E-state index contributed by atoms with van der Waals surface area (Å²) in [6, 6.07) is 74.2. The smallest absolute Gasteiger partial charge is 0.194 e. The van der Waals surface area contributed by atoms with Gasteiger partial charge in [-0.2, -0.15) is 0 Å². The van der Waals surface area contributed by atoms with Crippen LogP contribution in [0, 0.1) is 0 Å². The van der Waals surface area contributed by atoms with E-state index < -0.39 is 0 Å². The lowest BCUT2D eigenvalue weighted by atomic mass is 10.1. The van der Waals surface area contributed by atoms with E-state index in [-0.39, 0.29) is 0 Å². The highest BCUT2D eigenvalue weighted by atomic mass is 16.6. The Labute approximate surface area is 330 Å². The number of aromatic nitrogens is 1. The number of hydrogen-bond donors (Lipinski definition) is 0. The molecule has 0 saturated carbocycles. The molecule has 11 rings (SSSR count). The van der Waals surface area contributed by atoms with Gasteiger partial charge in [0.15, 0.2) is 23.0 Å². The number of hydrogen-bond acceptors (Lipinski definition) is 4. The third-order valence-corrected chi connectivity index (χ3v) is 10.7. The normalized spacial score (nSPS) is 11.8. The van der Waals surface area contributed by atoms with Gasteiger partial charge in [0.2, 0.25) is 0 Å². The Morgan fingerprint density at radius 2 is 0.877 bits per heavy atom. The minimum atomic E-state index is 0.626. The Balaban J connectivity index is 1.23. The van der Waals surface area contributed by atoms with Crippen molar-refractivity contribution in [2.45, 2.75) is 0 Å². The van der Waals surface area contributed by atoms with Gasteiger partial charge in [0.25, 0.3) is 0 Å². The molecule has 0 saturated heterocycles. The molecule has 0 unspecified atom stereocenters. The lowest BCUT2D eigenvalue weighted by Gasteiger charge is -2.33. The van der Waals surface area contributed by atoms with Crippen LogP contribution in [0.5, 0.6) is 23.0 Å². The number of fused-ring (bicyclic) bond motifs is 6. The summed E-state index contributed by atoms with van der Waals surface area (Å²) >= 11 is 0. The second kappa shape index (κ2) is 13.5. The van der Waals surface area contributed by atoms with Crippen LogP contribution < -0.4 is 19.3 Å². The van der Waals surface area contributed by atoms with Gasteiger partial charge in [-0.3, -0.25) is 0 Å². The molecule has 0 aliphatic carbocycles. The number of benzene rings is 9. The first-order valence-electron chi connectivity index (χ1n) is 19.2. The largest absolute Gasteiger partial charge is 0.449 e. The standard InChI is InChI=1S/C52H35N3O2/c1-5-20-38(21-6-1)53(39-22-7-2-8-23-39)47-34-42(35-50-52(47)57-49-31-16-15-30-48(49)56-50)54(40-24-9-3-10-25-40)45-29-17-28-43-44-32-36-18-13-14-19-37(36)33-46(44)55(51(43)45)41-26-11-4-12-27-41/h1-35H. The average molecular weight is 734 g/mol. The van der Waals surface area contributed by atoms with Crippen molar-refractivity contribution in [1.82, 2.24) is 4.57 Å². The van der Waals surface area contributed by atoms with Crippen LogP contribution in [0.25, 0.3) is 38.3 Å². The zero-order chi connectivity index (χ0) is 37.7. The Bertz CT molecular complexity index is 3030. The van der Waals surface area contributed by atoms with Gasteiger partial charge in [0, 0.05) is 39.6 Å². The predicted molar refractivity (Wildman–Crippen MR) is 234 cm³/mol. The van der Waals surface area contributed by atoms with Crippen LogP contribution >= 0.6 is 0 Å². The van der Waals surface area contributed by atoms with E-state index in [0.717, 1.165) is 50.8 Å². The van der Waals surface area contributed by atoms with Crippen molar-refractivity contribution in [3.63, 3.8) is 0 Å². The van der Waals surface area contributed by atoms with E-state index in [0.29, 0.717) is 23.0 Å². The molecule has 0 bridgehead atoms. The molecule has 0 atom stereocenters. The van der Waals surface area contributed by atoms with E-state index in [1.807, 2.05) is 36.4 Å². The predicted octanol–water partition coefficient (Wildman–Crippen LogP) is 14.8.